The lowest BCUT2D eigenvalue weighted by atomic mass is 10.2. The topological polar surface area (TPSA) is 75.0 Å². The number of thiophene rings is 1. The molecular weight excluding hydrogens is 392 g/mol. The van der Waals surface area contributed by atoms with E-state index in [0.717, 1.165) is 4.88 Å². The van der Waals surface area contributed by atoms with Crippen LogP contribution in [0.15, 0.2) is 75.5 Å². The van der Waals surface area contributed by atoms with Crippen LogP contribution < -0.4 is 19.6 Å². The van der Waals surface area contributed by atoms with Crippen molar-refractivity contribution in [3.8, 4) is 23.0 Å². The molecule has 0 atom stereocenters. The highest BCUT2D eigenvalue weighted by molar-refractivity contribution is 7.10. The van der Waals surface area contributed by atoms with Gasteiger partial charge in [0, 0.05) is 10.9 Å². The molecule has 0 saturated heterocycles. The quantitative estimate of drug-likeness (QED) is 0.337. The normalized spacial score (nSPS) is 10.7. The van der Waals surface area contributed by atoms with E-state index in [4.69, 9.17) is 18.6 Å². The second-order valence-electron chi connectivity index (χ2n) is 6.09. The number of fused-ring (bicyclic) bond motifs is 1. The first-order valence-electron chi connectivity index (χ1n) is 8.73. The van der Waals surface area contributed by atoms with Crippen LogP contribution in [-0.2, 0) is 11.2 Å². The zero-order valence-electron chi connectivity index (χ0n) is 15.4. The minimum absolute atomic E-state index is 0.0603. The molecule has 6 nitrogen and oxygen atoms in total. The Labute approximate surface area is 169 Å². The summed E-state index contributed by atoms with van der Waals surface area (Å²) in [5, 5.41) is 2.23. The van der Waals surface area contributed by atoms with Crippen LogP contribution >= 0.6 is 11.3 Å². The van der Waals surface area contributed by atoms with E-state index in [1.165, 1.54) is 23.7 Å². The summed E-state index contributed by atoms with van der Waals surface area (Å²) in [6.45, 7) is 0. The largest absolute Gasteiger partial charge is 0.497 e. The highest BCUT2D eigenvalue weighted by Gasteiger charge is 2.12. The van der Waals surface area contributed by atoms with Gasteiger partial charge in [0.05, 0.1) is 18.9 Å². The zero-order valence-corrected chi connectivity index (χ0v) is 16.2. The van der Waals surface area contributed by atoms with Gasteiger partial charge < -0.3 is 18.6 Å². The number of carbonyl (C=O) groups is 1. The molecule has 7 heteroatoms. The summed E-state index contributed by atoms with van der Waals surface area (Å²) >= 11 is 1.49. The maximum atomic E-state index is 12.7. The molecule has 0 unspecified atom stereocenters. The van der Waals surface area contributed by atoms with E-state index in [-0.39, 0.29) is 23.6 Å². The van der Waals surface area contributed by atoms with Crippen molar-refractivity contribution in [2.24, 2.45) is 0 Å². The summed E-state index contributed by atoms with van der Waals surface area (Å²) < 4.78 is 21.6. The third-order valence-electron chi connectivity index (χ3n) is 4.13. The SMILES string of the molecule is COc1ccc(Oc2coc3cc(OC(=O)Cc4cccs4)ccc3c2=O)cc1. The zero-order chi connectivity index (χ0) is 20.2. The lowest BCUT2D eigenvalue weighted by Gasteiger charge is -2.07. The lowest BCUT2D eigenvalue weighted by molar-refractivity contribution is -0.133. The highest BCUT2D eigenvalue weighted by atomic mass is 32.1. The number of hydrogen-bond acceptors (Lipinski definition) is 7. The van der Waals surface area contributed by atoms with Gasteiger partial charge in [0.25, 0.3) is 0 Å². The molecule has 29 heavy (non-hydrogen) atoms. The Hall–Kier alpha value is -3.58. The summed E-state index contributed by atoms with van der Waals surface area (Å²) in [7, 11) is 1.57. The molecule has 2 aromatic carbocycles. The fourth-order valence-electron chi connectivity index (χ4n) is 2.72. The molecule has 0 aliphatic rings. The van der Waals surface area contributed by atoms with E-state index in [2.05, 4.69) is 0 Å². The predicted octanol–water partition coefficient (Wildman–Crippen LogP) is 4.80. The molecule has 0 amide bonds. The van der Waals surface area contributed by atoms with E-state index < -0.39 is 0 Å². The van der Waals surface area contributed by atoms with Crippen LogP contribution in [0.5, 0.6) is 23.0 Å². The summed E-state index contributed by atoms with van der Waals surface area (Å²) in [6, 6.07) is 15.2. The molecule has 0 spiro atoms. The summed E-state index contributed by atoms with van der Waals surface area (Å²) in [6.07, 6.45) is 1.43. The number of methoxy groups -OCH3 is 1. The van der Waals surface area contributed by atoms with Crippen LogP contribution in [0.3, 0.4) is 0 Å². The Kier molecular flexibility index (Phi) is 5.31. The Morgan fingerprint density at radius 3 is 2.52 bits per heavy atom. The molecule has 146 valence electrons. The smallest absolute Gasteiger partial charge is 0.316 e. The van der Waals surface area contributed by atoms with Gasteiger partial charge in [-0.25, -0.2) is 0 Å². The van der Waals surface area contributed by atoms with Crippen molar-refractivity contribution in [2.45, 2.75) is 6.42 Å². The van der Waals surface area contributed by atoms with E-state index in [1.807, 2.05) is 17.5 Å². The van der Waals surface area contributed by atoms with Crippen LogP contribution in [-0.4, -0.2) is 13.1 Å². The first-order chi connectivity index (χ1) is 14.1. The van der Waals surface area contributed by atoms with Crippen LogP contribution in [0.4, 0.5) is 0 Å². The summed E-state index contributed by atoms with van der Waals surface area (Å²) in [5.74, 6) is 1.16. The van der Waals surface area contributed by atoms with Gasteiger partial charge in [0.1, 0.15) is 29.1 Å². The van der Waals surface area contributed by atoms with E-state index in [1.54, 1.807) is 43.5 Å². The Bertz CT molecular complexity index is 1190. The van der Waals surface area contributed by atoms with Crippen molar-refractivity contribution in [3.05, 3.63) is 81.3 Å². The summed E-state index contributed by atoms with van der Waals surface area (Å²) in [4.78, 5) is 25.7. The Morgan fingerprint density at radius 2 is 1.79 bits per heavy atom. The van der Waals surface area contributed by atoms with E-state index in [0.29, 0.717) is 28.2 Å². The van der Waals surface area contributed by atoms with E-state index in [9.17, 15) is 9.59 Å². The second-order valence-corrected chi connectivity index (χ2v) is 7.13. The van der Waals surface area contributed by atoms with Crippen LogP contribution in [0.25, 0.3) is 11.0 Å². The van der Waals surface area contributed by atoms with Gasteiger partial charge in [-0.3, -0.25) is 9.59 Å². The van der Waals surface area contributed by atoms with Crippen molar-refractivity contribution >= 4 is 28.3 Å². The number of ether oxygens (including phenoxy) is 3. The predicted molar refractivity (Wildman–Crippen MR) is 109 cm³/mol. The molecule has 0 N–H and O–H groups in total. The minimum Gasteiger partial charge on any atom is -0.497 e. The third-order valence-corrected chi connectivity index (χ3v) is 5.01. The molecule has 2 aromatic heterocycles. The van der Waals surface area contributed by atoms with E-state index >= 15 is 0 Å². The first kappa shape index (κ1) is 18.8. The molecule has 0 saturated carbocycles. The van der Waals surface area contributed by atoms with Crippen LogP contribution in [0.1, 0.15) is 4.88 Å². The molecule has 0 radical (unpaired) electrons. The lowest BCUT2D eigenvalue weighted by Crippen LogP contribution is -2.10. The maximum Gasteiger partial charge on any atom is 0.316 e. The van der Waals surface area contributed by atoms with Crippen molar-refractivity contribution in [1.29, 1.82) is 0 Å². The van der Waals surface area contributed by atoms with Crippen molar-refractivity contribution in [1.82, 2.24) is 0 Å². The minimum atomic E-state index is -0.381. The van der Waals surface area contributed by atoms with Gasteiger partial charge in [0.2, 0.25) is 11.2 Å². The van der Waals surface area contributed by atoms with Gasteiger partial charge in [-0.05, 0) is 47.8 Å². The van der Waals surface area contributed by atoms with Gasteiger partial charge >= 0.3 is 5.97 Å². The van der Waals surface area contributed by atoms with Gasteiger partial charge in [-0.2, -0.15) is 0 Å². The van der Waals surface area contributed by atoms with Crippen molar-refractivity contribution < 1.29 is 23.4 Å². The average molecular weight is 408 g/mol. The number of rotatable bonds is 6. The molecule has 0 aliphatic carbocycles. The standard InChI is InChI=1S/C22H16O6S/c1-25-14-4-6-15(7-5-14)27-20-13-26-19-11-16(8-9-18(19)22(20)24)28-21(23)12-17-3-2-10-29-17/h2-11,13H,12H2,1H3. The van der Waals surface area contributed by atoms with Crippen LogP contribution in [0, 0.1) is 0 Å². The fraction of sp³-hybridized carbons (Fsp3) is 0.0909. The molecule has 0 aliphatic heterocycles. The molecule has 2 heterocycles. The molecular formula is C22H16O6S. The Balaban J connectivity index is 1.53. The van der Waals surface area contributed by atoms with Crippen molar-refractivity contribution in [2.75, 3.05) is 7.11 Å². The number of carbonyl (C=O) groups excluding carboxylic acids is 1. The fourth-order valence-corrected chi connectivity index (χ4v) is 3.41. The molecule has 4 aromatic rings. The number of benzene rings is 2. The maximum absolute atomic E-state index is 12.7. The van der Waals surface area contributed by atoms with Crippen molar-refractivity contribution in [3.63, 3.8) is 0 Å². The first-order valence-corrected chi connectivity index (χ1v) is 9.61. The number of esters is 1. The average Bonchev–Trinajstić information content (AvgIpc) is 3.23. The second kappa shape index (κ2) is 8.20. The van der Waals surface area contributed by atoms with Crippen LogP contribution in [0.2, 0.25) is 0 Å². The summed E-state index contributed by atoms with van der Waals surface area (Å²) in [5.41, 5.74) is -0.0166. The molecule has 0 bridgehead atoms. The molecule has 4 rings (SSSR count). The highest BCUT2D eigenvalue weighted by Crippen LogP contribution is 2.25. The number of hydrogen-bond donors (Lipinski definition) is 0. The third kappa shape index (κ3) is 4.30. The Morgan fingerprint density at radius 1 is 1.03 bits per heavy atom. The monoisotopic (exact) mass is 408 g/mol. The van der Waals surface area contributed by atoms with Gasteiger partial charge in [-0.15, -0.1) is 11.3 Å². The van der Waals surface area contributed by atoms with Gasteiger partial charge in [0.15, 0.2) is 0 Å². The molecule has 0 fully saturated rings. The van der Waals surface area contributed by atoms with Gasteiger partial charge in [-0.1, -0.05) is 6.07 Å².